The maximum Gasteiger partial charge on any atom is 0.101 e. The van der Waals surface area contributed by atoms with E-state index in [1.807, 2.05) is 13.8 Å². The quantitative estimate of drug-likeness (QED) is 0.893. The molecule has 0 atom stereocenters. The number of nitriles is 1. The van der Waals surface area contributed by atoms with E-state index >= 15 is 0 Å². The second-order valence-corrected chi connectivity index (χ2v) is 6.80. The molecule has 0 unspecified atom stereocenters. The van der Waals surface area contributed by atoms with Crippen molar-refractivity contribution in [2.24, 2.45) is 0 Å². The highest BCUT2D eigenvalue weighted by Gasteiger charge is 2.16. The highest BCUT2D eigenvalue weighted by molar-refractivity contribution is 5.34. The van der Waals surface area contributed by atoms with Crippen molar-refractivity contribution in [1.29, 1.82) is 5.26 Å². The summed E-state index contributed by atoms with van der Waals surface area (Å²) in [5.41, 5.74) is 3.82. The Balaban J connectivity index is 2.69. The zero-order chi connectivity index (χ0) is 14.7. The first-order chi connectivity index (χ1) is 8.65. The summed E-state index contributed by atoms with van der Waals surface area (Å²) in [6, 6.07) is 8.98. The maximum atomic E-state index is 8.96. The average Bonchev–Trinajstić information content (AvgIpc) is 2.30. The Morgan fingerprint density at radius 1 is 1.16 bits per heavy atom. The van der Waals surface area contributed by atoms with Crippen molar-refractivity contribution in [3.8, 4) is 6.07 Å². The number of rotatable bonds is 4. The molecule has 0 heterocycles. The second kappa shape index (κ2) is 5.75. The SMILES string of the molecule is Cc1cc(C(C)(C)C)ccc1CCNC(C)(C)C#N. The summed E-state index contributed by atoms with van der Waals surface area (Å²) < 4.78 is 0. The Morgan fingerprint density at radius 3 is 2.26 bits per heavy atom. The van der Waals surface area contributed by atoms with E-state index in [2.05, 4.69) is 57.3 Å². The van der Waals surface area contributed by atoms with E-state index in [4.69, 9.17) is 5.26 Å². The molecule has 0 saturated heterocycles. The lowest BCUT2D eigenvalue weighted by Gasteiger charge is -2.21. The summed E-state index contributed by atoms with van der Waals surface area (Å²) in [4.78, 5) is 0. The van der Waals surface area contributed by atoms with E-state index in [1.54, 1.807) is 0 Å². The number of nitrogens with zero attached hydrogens (tertiary/aromatic N) is 1. The van der Waals surface area contributed by atoms with Gasteiger partial charge in [0.05, 0.1) is 6.07 Å². The van der Waals surface area contributed by atoms with Crippen LogP contribution >= 0.6 is 0 Å². The van der Waals surface area contributed by atoms with Crippen LogP contribution in [0, 0.1) is 18.3 Å². The van der Waals surface area contributed by atoms with Crippen LogP contribution in [0.25, 0.3) is 0 Å². The van der Waals surface area contributed by atoms with Crippen LogP contribution < -0.4 is 5.32 Å². The highest BCUT2D eigenvalue weighted by atomic mass is 14.9. The molecule has 0 aliphatic carbocycles. The van der Waals surface area contributed by atoms with Crippen LogP contribution in [0.5, 0.6) is 0 Å². The fourth-order valence-electron chi connectivity index (χ4n) is 1.99. The fourth-order valence-corrected chi connectivity index (χ4v) is 1.99. The summed E-state index contributed by atoms with van der Waals surface area (Å²) in [7, 11) is 0. The summed E-state index contributed by atoms with van der Waals surface area (Å²) >= 11 is 0. The van der Waals surface area contributed by atoms with Gasteiger partial charge in [0, 0.05) is 6.54 Å². The lowest BCUT2D eigenvalue weighted by atomic mass is 9.85. The van der Waals surface area contributed by atoms with Crippen molar-refractivity contribution in [3.63, 3.8) is 0 Å². The maximum absolute atomic E-state index is 8.96. The van der Waals surface area contributed by atoms with Gasteiger partial charge in [-0.3, -0.25) is 5.32 Å². The molecule has 104 valence electrons. The lowest BCUT2D eigenvalue weighted by molar-refractivity contribution is 0.489. The van der Waals surface area contributed by atoms with E-state index in [9.17, 15) is 0 Å². The van der Waals surface area contributed by atoms with Crippen LogP contribution in [-0.4, -0.2) is 12.1 Å². The lowest BCUT2D eigenvalue weighted by Crippen LogP contribution is -2.38. The standard InChI is InChI=1S/C17H26N2/c1-13-11-15(16(2,3)4)8-7-14(13)9-10-19-17(5,6)12-18/h7-8,11,19H,9-10H2,1-6H3. The van der Waals surface area contributed by atoms with Gasteiger partial charge in [-0.2, -0.15) is 5.26 Å². The van der Waals surface area contributed by atoms with E-state index in [1.165, 1.54) is 16.7 Å². The molecule has 1 N–H and O–H groups in total. The molecule has 0 aromatic heterocycles. The summed E-state index contributed by atoms with van der Waals surface area (Å²) in [5.74, 6) is 0. The summed E-state index contributed by atoms with van der Waals surface area (Å²) in [6.45, 7) is 13.5. The van der Waals surface area contributed by atoms with Crippen LogP contribution in [0.1, 0.15) is 51.3 Å². The molecule has 0 spiro atoms. The first-order valence-electron chi connectivity index (χ1n) is 6.92. The smallest absolute Gasteiger partial charge is 0.101 e. The molecule has 2 heteroatoms. The Kier molecular flexibility index (Phi) is 4.76. The van der Waals surface area contributed by atoms with Crippen LogP contribution in [0.3, 0.4) is 0 Å². The van der Waals surface area contributed by atoms with Crippen LogP contribution in [0.4, 0.5) is 0 Å². The predicted molar refractivity (Wildman–Crippen MR) is 81.3 cm³/mol. The molecular formula is C17H26N2. The van der Waals surface area contributed by atoms with Gasteiger partial charge in [-0.25, -0.2) is 0 Å². The summed E-state index contributed by atoms with van der Waals surface area (Å²) in [6.07, 6.45) is 0.960. The zero-order valence-electron chi connectivity index (χ0n) is 13.1. The van der Waals surface area contributed by atoms with Gasteiger partial charge in [0.2, 0.25) is 0 Å². The molecule has 0 aliphatic rings. The number of hydrogen-bond acceptors (Lipinski definition) is 2. The number of benzene rings is 1. The number of aryl methyl sites for hydroxylation is 1. The van der Waals surface area contributed by atoms with Gasteiger partial charge in [-0.15, -0.1) is 0 Å². The van der Waals surface area contributed by atoms with E-state index in [0.29, 0.717) is 0 Å². The van der Waals surface area contributed by atoms with Gasteiger partial charge in [0.25, 0.3) is 0 Å². The average molecular weight is 258 g/mol. The van der Waals surface area contributed by atoms with Gasteiger partial charge >= 0.3 is 0 Å². The van der Waals surface area contributed by atoms with Crippen LogP contribution in [-0.2, 0) is 11.8 Å². The molecule has 0 bridgehead atoms. The first kappa shape index (κ1) is 15.7. The molecule has 0 aliphatic heterocycles. The monoisotopic (exact) mass is 258 g/mol. The Hall–Kier alpha value is -1.33. The molecule has 0 saturated carbocycles. The minimum atomic E-state index is -0.445. The minimum Gasteiger partial charge on any atom is -0.300 e. The van der Waals surface area contributed by atoms with E-state index < -0.39 is 5.54 Å². The topological polar surface area (TPSA) is 35.8 Å². The molecule has 1 rings (SSSR count). The van der Waals surface area contributed by atoms with Crippen molar-refractivity contribution < 1.29 is 0 Å². The van der Waals surface area contributed by atoms with Crippen molar-refractivity contribution in [2.45, 2.75) is 58.9 Å². The van der Waals surface area contributed by atoms with Gasteiger partial charge < -0.3 is 0 Å². The van der Waals surface area contributed by atoms with Gasteiger partial charge in [-0.05, 0) is 49.3 Å². The van der Waals surface area contributed by atoms with Gasteiger partial charge in [0.15, 0.2) is 0 Å². The van der Waals surface area contributed by atoms with Crippen molar-refractivity contribution in [1.82, 2.24) is 5.32 Å². The molecule has 1 aromatic carbocycles. The third-order valence-corrected chi connectivity index (χ3v) is 3.45. The molecule has 0 amide bonds. The third-order valence-electron chi connectivity index (χ3n) is 3.45. The number of hydrogen-bond donors (Lipinski definition) is 1. The normalized spacial score (nSPS) is 12.3. The van der Waals surface area contributed by atoms with Crippen LogP contribution in [0.2, 0.25) is 0 Å². The predicted octanol–water partition coefficient (Wildman–Crippen LogP) is 3.73. The van der Waals surface area contributed by atoms with Crippen molar-refractivity contribution >= 4 is 0 Å². The van der Waals surface area contributed by atoms with Gasteiger partial charge in [0.1, 0.15) is 5.54 Å². The first-order valence-corrected chi connectivity index (χ1v) is 6.92. The molecular weight excluding hydrogens is 232 g/mol. The second-order valence-electron chi connectivity index (χ2n) is 6.80. The van der Waals surface area contributed by atoms with E-state index in [0.717, 1.165) is 13.0 Å². The molecule has 0 fully saturated rings. The zero-order valence-corrected chi connectivity index (χ0v) is 13.1. The largest absolute Gasteiger partial charge is 0.300 e. The van der Waals surface area contributed by atoms with Gasteiger partial charge in [-0.1, -0.05) is 39.0 Å². The Bertz CT molecular complexity index is 473. The Labute approximate surface area is 117 Å². The number of nitrogens with one attached hydrogen (secondary N) is 1. The third kappa shape index (κ3) is 4.69. The summed E-state index contributed by atoms with van der Waals surface area (Å²) in [5, 5.41) is 12.2. The Morgan fingerprint density at radius 2 is 1.79 bits per heavy atom. The molecule has 2 nitrogen and oxygen atoms in total. The van der Waals surface area contributed by atoms with E-state index in [-0.39, 0.29) is 5.41 Å². The van der Waals surface area contributed by atoms with Crippen molar-refractivity contribution in [3.05, 3.63) is 34.9 Å². The molecule has 0 radical (unpaired) electrons. The highest BCUT2D eigenvalue weighted by Crippen LogP contribution is 2.24. The van der Waals surface area contributed by atoms with Crippen LogP contribution in [0.15, 0.2) is 18.2 Å². The molecule has 1 aromatic rings. The molecule has 19 heavy (non-hydrogen) atoms. The van der Waals surface area contributed by atoms with Crippen molar-refractivity contribution in [2.75, 3.05) is 6.54 Å². The minimum absolute atomic E-state index is 0.199. The fraction of sp³-hybridized carbons (Fsp3) is 0.588.